The van der Waals surface area contributed by atoms with E-state index in [0.29, 0.717) is 11.5 Å². The Morgan fingerprint density at radius 2 is 0.906 bits per heavy atom. The van der Waals surface area contributed by atoms with E-state index in [0.717, 1.165) is 66.8 Å². The highest BCUT2D eigenvalue weighted by Gasteiger charge is 2.22. The Bertz CT molecular complexity index is 2860. The summed E-state index contributed by atoms with van der Waals surface area (Å²) < 4.78 is 13.2. The number of fused-ring (bicyclic) bond motifs is 4. The molecule has 0 saturated heterocycles. The maximum absolute atomic E-state index is 6.58. The molecule has 10 rings (SSSR count). The summed E-state index contributed by atoms with van der Waals surface area (Å²) in [6, 6.07) is 67.5. The summed E-state index contributed by atoms with van der Waals surface area (Å²) in [6.07, 6.45) is 0. The summed E-state index contributed by atoms with van der Waals surface area (Å²) >= 11 is 0. The van der Waals surface area contributed by atoms with Crippen molar-refractivity contribution in [3.63, 3.8) is 0 Å². The second-order valence-electron chi connectivity index (χ2n) is 13.2. The average molecular weight is 681 g/mol. The van der Waals surface area contributed by atoms with Crippen molar-refractivity contribution in [2.24, 2.45) is 0 Å². The summed E-state index contributed by atoms with van der Waals surface area (Å²) in [5.41, 5.74) is 13.8. The average Bonchev–Trinajstić information content (AvgIpc) is 3.83. The summed E-state index contributed by atoms with van der Waals surface area (Å²) in [7, 11) is 0. The SMILES string of the molecule is c1ccc(-c2ccc(N(c3ccc(-c4c5oc(-c6ccccc6)nc5cc5c4oc4ccccc45)cc3)c3cccc(-c4ccccc4)c3)cc2)cc1. The van der Waals surface area contributed by atoms with Gasteiger partial charge in [0.15, 0.2) is 5.58 Å². The smallest absolute Gasteiger partial charge is 0.227 e. The van der Waals surface area contributed by atoms with Gasteiger partial charge in [0.25, 0.3) is 0 Å². The lowest BCUT2D eigenvalue weighted by molar-refractivity contribution is 0.619. The summed E-state index contributed by atoms with van der Waals surface area (Å²) in [5.74, 6) is 0.582. The van der Waals surface area contributed by atoms with Crippen LogP contribution in [0.25, 0.3) is 77.9 Å². The molecule has 0 saturated carbocycles. The van der Waals surface area contributed by atoms with Crippen LogP contribution in [0.4, 0.5) is 17.1 Å². The zero-order chi connectivity index (χ0) is 35.1. The van der Waals surface area contributed by atoms with Crippen LogP contribution in [0, 0.1) is 0 Å². The van der Waals surface area contributed by atoms with Crippen molar-refractivity contribution in [2.75, 3.05) is 4.90 Å². The summed E-state index contributed by atoms with van der Waals surface area (Å²) in [4.78, 5) is 7.29. The van der Waals surface area contributed by atoms with Gasteiger partial charge in [-0.15, -0.1) is 0 Å². The Kier molecular flexibility index (Phi) is 7.43. The third-order valence-corrected chi connectivity index (χ3v) is 9.90. The van der Waals surface area contributed by atoms with Gasteiger partial charge in [-0.2, -0.15) is 0 Å². The minimum Gasteiger partial charge on any atom is -0.455 e. The Morgan fingerprint density at radius 1 is 0.358 bits per heavy atom. The molecule has 53 heavy (non-hydrogen) atoms. The van der Waals surface area contributed by atoms with E-state index in [1.807, 2.05) is 54.6 Å². The van der Waals surface area contributed by atoms with E-state index in [9.17, 15) is 0 Å². The van der Waals surface area contributed by atoms with Crippen LogP contribution in [-0.2, 0) is 0 Å². The fraction of sp³-hybridized carbons (Fsp3) is 0. The molecular formula is C49H32N2O2. The minimum absolute atomic E-state index is 0.582. The number of hydrogen-bond donors (Lipinski definition) is 0. The number of para-hydroxylation sites is 1. The molecule has 4 heteroatoms. The largest absolute Gasteiger partial charge is 0.455 e. The van der Waals surface area contributed by atoms with Gasteiger partial charge >= 0.3 is 0 Å². The highest BCUT2D eigenvalue weighted by Crippen LogP contribution is 2.44. The van der Waals surface area contributed by atoms with Crippen LogP contribution < -0.4 is 4.90 Å². The van der Waals surface area contributed by atoms with Gasteiger partial charge in [-0.3, -0.25) is 0 Å². The van der Waals surface area contributed by atoms with Gasteiger partial charge in [0, 0.05) is 33.4 Å². The van der Waals surface area contributed by atoms with Gasteiger partial charge in [0.2, 0.25) is 5.89 Å². The Balaban J connectivity index is 1.12. The van der Waals surface area contributed by atoms with Crippen LogP contribution >= 0.6 is 0 Å². The molecule has 2 aromatic heterocycles. The van der Waals surface area contributed by atoms with Crippen LogP contribution in [0.3, 0.4) is 0 Å². The lowest BCUT2D eigenvalue weighted by Gasteiger charge is -2.26. The predicted octanol–water partition coefficient (Wildman–Crippen LogP) is 13.9. The van der Waals surface area contributed by atoms with Crippen LogP contribution in [0.15, 0.2) is 203 Å². The molecule has 0 amide bonds. The van der Waals surface area contributed by atoms with Crippen molar-refractivity contribution in [3.8, 4) is 44.8 Å². The van der Waals surface area contributed by atoms with Gasteiger partial charge in [-0.25, -0.2) is 4.98 Å². The standard InChI is InChI=1S/C49H32N2O2/c1-4-13-33(14-5-1)35-23-27-39(28-24-35)51(41-20-12-19-38(31-41)34-15-6-2-7-16-34)40-29-25-36(26-30-40)46-47-43(42-21-10-11-22-45(42)52-47)32-44-48(46)53-49(50-44)37-17-8-3-9-18-37/h1-32H. The lowest BCUT2D eigenvalue weighted by Crippen LogP contribution is -2.10. The lowest BCUT2D eigenvalue weighted by atomic mass is 10.00. The fourth-order valence-corrected chi connectivity index (χ4v) is 7.32. The zero-order valence-corrected chi connectivity index (χ0v) is 28.7. The molecule has 0 bridgehead atoms. The topological polar surface area (TPSA) is 42.4 Å². The van der Waals surface area contributed by atoms with Crippen LogP contribution in [0.1, 0.15) is 0 Å². The van der Waals surface area contributed by atoms with Crippen molar-refractivity contribution in [2.45, 2.75) is 0 Å². The number of rotatable bonds is 7. The van der Waals surface area contributed by atoms with E-state index in [1.165, 1.54) is 16.7 Å². The molecule has 0 aliphatic heterocycles. The van der Waals surface area contributed by atoms with Crippen LogP contribution in [0.5, 0.6) is 0 Å². The molecule has 0 unspecified atom stereocenters. The van der Waals surface area contributed by atoms with E-state index in [4.69, 9.17) is 13.8 Å². The first kappa shape index (κ1) is 30.6. The van der Waals surface area contributed by atoms with Crippen molar-refractivity contribution in [1.29, 1.82) is 0 Å². The number of anilines is 3. The summed E-state index contributed by atoms with van der Waals surface area (Å²) in [6.45, 7) is 0. The normalized spacial score (nSPS) is 11.4. The highest BCUT2D eigenvalue weighted by atomic mass is 16.4. The maximum Gasteiger partial charge on any atom is 0.227 e. The molecule has 0 aliphatic carbocycles. The molecular weight excluding hydrogens is 649 g/mol. The molecule has 0 N–H and O–H groups in total. The van der Waals surface area contributed by atoms with Crippen LogP contribution in [-0.4, -0.2) is 4.98 Å². The number of nitrogens with zero attached hydrogens (tertiary/aromatic N) is 2. The summed E-state index contributed by atoms with van der Waals surface area (Å²) in [5, 5.41) is 2.06. The molecule has 0 fully saturated rings. The number of furan rings is 1. The Morgan fingerprint density at radius 3 is 1.58 bits per heavy atom. The Labute approximate surface area is 306 Å². The zero-order valence-electron chi connectivity index (χ0n) is 28.7. The van der Waals surface area contributed by atoms with Crippen molar-refractivity contribution >= 4 is 50.1 Å². The third kappa shape index (κ3) is 5.54. The Hall–Kier alpha value is -7.17. The molecule has 8 aromatic carbocycles. The number of oxazole rings is 1. The molecule has 0 radical (unpaired) electrons. The van der Waals surface area contributed by atoms with Gasteiger partial charge in [0.1, 0.15) is 16.7 Å². The predicted molar refractivity (Wildman–Crippen MR) is 218 cm³/mol. The quantitative estimate of drug-likeness (QED) is 0.168. The molecule has 0 spiro atoms. The first-order valence-corrected chi connectivity index (χ1v) is 17.8. The fourth-order valence-electron chi connectivity index (χ4n) is 7.32. The van der Waals surface area contributed by atoms with Gasteiger partial charge in [-0.1, -0.05) is 133 Å². The molecule has 250 valence electrons. The van der Waals surface area contributed by atoms with E-state index in [-0.39, 0.29) is 0 Å². The van der Waals surface area contributed by atoms with Crippen molar-refractivity contribution in [1.82, 2.24) is 4.98 Å². The monoisotopic (exact) mass is 680 g/mol. The number of hydrogen-bond acceptors (Lipinski definition) is 4. The number of aromatic nitrogens is 1. The molecule has 10 aromatic rings. The second kappa shape index (κ2) is 12.9. The maximum atomic E-state index is 6.58. The van der Waals surface area contributed by atoms with Gasteiger partial charge < -0.3 is 13.7 Å². The van der Waals surface area contributed by atoms with Crippen LogP contribution in [0.2, 0.25) is 0 Å². The van der Waals surface area contributed by atoms with E-state index in [1.54, 1.807) is 0 Å². The molecule has 2 heterocycles. The minimum atomic E-state index is 0.582. The molecule has 4 nitrogen and oxygen atoms in total. The van der Waals surface area contributed by atoms with Crippen molar-refractivity contribution in [3.05, 3.63) is 194 Å². The van der Waals surface area contributed by atoms with Crippen molar-refractivity contribution < 1.29 is 8.83 Å². The first-order valence-electron chi connectivity index (χ1n) is 17.8. The van der Waals surface area contributed by atoms with Gasteiger partial charge in [-0.05, 0) is 88.5 Å². The van der Waals surface area contributed by atoms with Gasteiger partial charge in [0.05, 0.1) is 5.56 Å². The molecule has 0 atom stereocenters. The highest BCUT2D eigenvalue weighted by molar-refractivity contribution is 6.16. The van der Waals surface area contributed by atoms with E-state index >= 15 is 0 Å². The second-order valence-corrected chi connectivity index (χ2v) is 13.2. The number of benzene rings is 8. The molecule has 0 aliphatic rings. The first-order chi connectivity index (χ1) is 26.3. The third-order valence-electron chi connectivity index (χ3n) is 9.90. The van der Waals surface area contributed by atoms with E-state index < -0.39 is 0 Å². The van der Waals surface area contributed by atoms with E-state index in [2.05, 4.69) is 144 Å².